The maximum Gasteiger partial charge on any atom is 0.264 e. The Morgan fingerprint density at radius 3 is 2.38 bits per heavy atom. The third kappa shape index (κ3) is 4.12. The third-order valence-electron chi connectivity index (χ3n) is 4.34. The van der Waals surface area contributed by atoms with Crippen molar-refractivity contribution in [3.8, 4) is 0 Å². The average molecular weight is 445 g/mol. The molecule has 2 aromatic heterocycles. The van der Waals surface area contributed by atoms with Gasteiger partial charge in [-0.05, 0) is 12.1 Å². The summed E-state index contributed by atoms with van der Waals surface area (Å²) in [6, 6.07) is 10.8. The van der Waals surface area contributed by atoms with Gasteiger partial charge >= 0.3 is 0 Å². The van der Waals surface area contributed by atoms with E-state index < -0.39 is 10.0 Å². The van der Waals surface area contributed by atoms with Crippen molar-refractivity contribution in [2.75, 3.05) is 10.0 Å². The van der Waals surface area contributed by atoms with Crippen LogP contribution >= 0.6 is 22.7 Å². The molecule has 9 heteroatoms. The van der Waals surface area contributed by atoms with Crippen LogP contribution in [0.2, 0.25) is 0 Å². The van der Waals surface area contributed by atoms with Gasteiger partial charge in [-0.25, -0.2) is 18.4 Å². The van der Waals surface area contributed by atoms with Gasteiger partial charge in [0.25, 0.3) is 10.0 Å². The molecule has 0 fully saturated rings. The third-order valence-corrected chi connectivity index (χ3v) is 7.31. The van der Waals surface area contributed by atoms with Crippen LogP contribution in [-0.4, -0.2) is 18.4 Å². The lowest BCUT2D eigenvalue weighted by molar-refractivity contribution is 0.573. The van der Waals surface area contributed by atoms with Crippen molar-refractivity contribution in [1.82, 2.24) is 9.97 Å². The molecule has 0 unspecified atom stereocenters. The Morgan fingerprint density at radius 1 is 0.966 bits per heavy atom. The van der Waals surface area contributed by atoms with Crippen molar-refractivity contribution < 1.29 is 8.42 Å². The van der Waals surface area contributed by atoms with Crippen molar-refractivity contribution in [2.45, 2.75) is 31.1 Å². The Bertz CT molecular complexity index is 1260. The summed E-state index contributed by atoms with van der Waals surface area (Å²) in [5.41, 5.74) is 1.79. The van der Waals surface area contributed by atoms with Crippen LogP contribution < -0.4 is 10.0 Å². The van der Waals surface area contributed by atoms with Gasteiger partial charge in [0.15, 0.2) is 10.3 Å². The molecule has 0 radical (unpaired) electrons. The number of benzene rings is 2. The van der Waals surface area contributed by atoms with Gasteiger partial charge in [0.1, 0.15) is 0 Å². The highest BCUT2D eigenvalue weighted by molar-refractivity contribution is 7.93. The second kappa shape index (κ2) is 7.40. The average Bonchev–Trinajstić information content (AvgIpc) is 3.33. The molecular formula is C20H20N4O2S3. The van der Waals surface area contributed by atoms with Crippen LogP contribution in [0.1, 0.15) is 26.5 Å². The molecule has 4 rings (SSSR count). The standard InChI is InChI=1S/C20H20N4O2S3/c1-20(2,3)17-12-28-19(23-17)22-15-8-9-16(14-7-5-4-6-13(14)15)29(25,26)24-18-21-10-11-27-18/h4-12H,1-3H3,(H,21,24)(H,22,23). The summed E-state index contributed by atoms with van der Waals surface area (Å²) in [4.78, 5) is 8.90. The molecule has 2 heterocycles. The summed E-state index contributed by atoms with van der Waals surface area (Å²) in [6.07, 6.45) is 1.56. The zero-order chi connectivity index (χ0) is 20.6. The second-order valence-corrected chi connectivity index (χ2v) is 10.9. The zero-order valence-corrected chi connectivity index (χ0v) is 18.6. The quantitative estimate of drug-likeness (QED) is 0.419. The number of fused-ring (bicyclic) bond motifs is 1. The lowest BCUT2D eigenvalue weighted by Crippen LogP contribution is -2.13. The van der Waals surface area contributed by atoms with Gasteiger partial charge in [-0.3, -0.25) is 4.72 Å². The Hall–Kier alpha value is -2.49. The van der Waals surface area contributed by atoms with Crippen molar-refractivity contribution in [1.29, 1.82) is 0 Å². The summed E-state index contributed by atoms with van der Waals surface area (Å²) >= 11 is 2.77. The van der Waals surface area contributed by atoms with E-state index in [4.69, 9.17) is 0 Å². The number of sulfonamides is 1. The Balaban J connectivity index is 1.73. The smallest absolute Gasteiger partial charge is 0.264 e. The summed E-state index contributed by atoms with van der Waals surface area (Å²) in [7, 11) is -3.76. The van der Waals surface area contributed by atoms with Gasteiger partial charge < -0.3 is 5.32 Å². The molecule has 29 heavy (non-hydrogen) atoms. The van der Waals surface area contributed by atoms with Gasteiger partial charge in [0, 0.05) is 38.8 Å². The lowest BCUT2D eigenvalue weighted by atomic mass is 9.93. The SMILES string of the molecule is CC(C)(C)c1csc(Nc2ccc(S(=O)(=O)Nc3nccs3)c3ccccc23)n1. The number of thiazole rings is 2. The van der Waals surface area contributed by atoms with Crippen LogP contribution in [0.25, 0.3) is 10.8 Å². The molecule has 4 aromatic rings. The molecule has 150 valence electrons. The largest absolute Gasteiger partial charge is 0.331 e. The highest BCUT2D eigenvalue weighted by atomic mass is 32.2. The van der Waals surface area contributed by atoms with Gasteiger partial charge in [0.05, 0.1) is 10.6 Å². The molecule has 6 nitrogen and oxygen atoms in total. The summed E-state index contributed by atoms with van der Waals surface area (Å²) in [6.45, 7) is 6.36. The summed E-state index contributed by atoms with van der Waals surface area (Å²) in [5, 5.41) is 9.67. The van der Waals surface area contributed by atoms with Crippen LogP contribution in [0.5, 0.6) is 0 Å². The molecule has 2 aromatic carbocycles. The fourth-order valence-electron chi connectivity index (χ4n) is 2.85. The summed E-state index contributed by atoms with van der Waals surface area (Å²) in [5.74, 6) is 0. The minimum absolute atomic E-state index is 0.0298. The Morgan fingerprint density at radius 2 is 1.72 bits per heavy atom. The van der Waals surface area contributed by atoms with E-state index in [1.807, 2.05) is 23.6 Å². The van der Waals surface area contributed by atoms with Crippen molar-refractivity contribution >= 4 is 59.4 Å². The van der Waals surface area contributed by atoms with Crippen LogP contribution in [0.4, 0.5) is 16.0 Å². The van der Waals surface area contributed by atoms with Crippen molar-refractivity contribution in [3.63, 3.8) is 0 Å². The van der Waals surface area contributed by atoms with Crippen molar-refractivity contribution in [3.05, 3.63) is 59.0 Å². The molecule has 0 aliphatic heterocycles. The minimum atomic E-state index is -3.76. The number of anilines is 3. The van der Waals surface area contributed by atoms with Gasteiger partial charge in [-0.2, -0.15) is 0 Å². The van der Waals surface area contributed by atoms with E-state index in [1.54, 1.807) is 29.8 Å². The lowest BCUT2D eigenvalue weighted by Gasteiger charge is -2.15. The van der Waals surface area contributed by atoms with E-state index in [9.17, 15) is 8.42 Å². The summed E-state index contributed by atoms with van der Waals surface area (Å²) < 4.78 is 28.4. The van der Waals surface area contributed by atoms with Gasteiger partial charge in [0.2, 0.25) is 0 Å². The highest BCUT2D eigenvalue weighted by Crippen LogP contribution is 2.34. The van der Waals surface area contributed by atoms with E-state index in [0.717, 1.165) is 21.9 Å². The second-order valence-electron chi connectivity index (χ2n) is 7.51. The topological polar surface area (TPSA) is 84.0 Å². The number of rotatable bonds is 5. The van der Waals surface area contributed by atoms with Crippen molar-refractivity contribution in [2.24, 2.45) is 0 Å². The minimum Gasteiger partial charge on any atom is -0.331 e. The monoisotopic (exact) mass is 444 g/mol. The highest BCUT2D eigenvalue weighted by Gasteiger charge is 2.21. The maximum absolute atomic E-state index is 12.9. The van der Waals surface area contributed by atoms with E-state index in [1.165, 1.54) is 22.7 Å². The van der Waals surface area contributed by atoms with Gasteiger partial charge in [-0.15, -0.1) is 22.7 Å². The maximum atomic E-state index is 12.9. The number of aromatic nitrogens is 2. The molecule has 2 N–H and O–H groups in total. The Kier molecular flexibility index (Phi) is 5.05. The van der Waals surface area contributed by atoms with Crippen LogP contribution in [0, 0.1) is 0 Å². The fourth-order valence-corrected chi connectivity index (χ4v) is 5.80. The number of nitrogens with one attached hydrogen (secondary N) is 2. The van der Waals surface area contributed by atoms with E-state index in [0.29, 0.717) is 10.5 Å². The first-order valence-electron chi connectivity index (χ1n) is 8.91. The molecule has 0 saturated carbocycles. The van der Waals surface area contributed by atoms with E-state index >= 15 is 0 Å². The Labute approximate surface area is 177 Å². The molecule has 0 atom stereocenters. The van der Waals surface area contributed by atoms with E-state index in [-0.39, 0.29) is 10.3 Å². The van der Waals surface area contributed by atoms with Crippen LogP contribution in [-0.2, 0) is 15.4 Å². The molecule has 0 amide bonds. The van der Waals surface area contributed by atoms with Gasteiger partial charge in [-0.1, -0.05) is 45.0 Å². The number of hydrogen-bond donors (Lipinski definition) is 2. The molecule has 0 bridgehead atoms. The molecular weight excluding hydrogens is 424 g/mol. The zero-order valence-electron chi connectivity index (χ0n) is 16.1. The first-order chi connectivity index (χ1) is 13.7. The first-order valence-corrected chi connectivity index (χ1v) is 12.2. The first kappa shape index (κ1) is 19.8. The normalized spacial score (nSPS) is 12.2. The molecule has 0 aliphatic carbocycles. The number of nitrogens with zero attached hydrogens (tertiary/aromatic N) is 2. The van der Waals surface area contributed by atoms with Crippen LogP contribution in [0.15, 0.2) is 58.3 Å². The molecule has 0 saturated heterocycles. The van der Waals surface area contributed by atoms with E-state index in [2.05, 4.69) is 40.8 Å². The number of hydrogen-bond acceptors (Lipinski definition) is 7. The predicted molar refractivity (Wildman–Crippen MR) is 121 cm³/mol. The molecule has 0 spiro atoms. The van der Waals surface area contributed by atoms with Crippen LogP contribution in [0.3, 0.4) is 0 Å². The fraction of sp³-hybridized carbons (Fsp3) is 0.200. The predicted octanol–water partition coefficient (Wildman–Crippen LogP) is 5.59. The molecule has 0 aliphatic rings.